The topological polar surface area (TPSA) is 21.3 Å². The molecule has 0 saturated heterocycles. The Balaban J connectivity index is 2.13. The summed E-state index contributed by atoms with van der Waals surface area (Å²) in [7, 11) is 1.74. The summed E-state index contributed by atoms with van der Waals surface area (Å²) in [6.07, 6.45) is 4.15. The lowest BCUT2D eigenvalue weighted by Crippen LogP contribution is -2.44. The predicted octanol–water partition coefficient (Wildman–Crippen LogP) is 3.81. The molecule has 0 heterocycles. The molecule has 1 aromatic carbocycles. The van der Waals surface area contributed by atoms with E-state index in [1.807, 2.05) is 0 Å². The fourth-order valence-corrected chi connectivity index (χ4v) is 2.93. The summed E-state index contributed by atoms with van der Waals surface area (Å²) in [5.41, 5.74) is 0.588. The summed E-state index contributed by atoms with van der Waals surface area (Å²) in [6.45, 7) is 3.03. The SMILES string of the molecule is CCCNC(Cc1c(F)cccc1Cl)C(OC)C1CC1. The van der Waals surface area contributed by atoms with Gasteiger partial charge in [-0.1, -0.05) is 24.6 Å². The standard InChI is InChI=1S/C16H23ClFNO/c1-3-9-19-15(16(20-2)11-7-8-11)10-12-13(17)5-4-6-14(12)18/h4-6,11,15-16,19H,3,7-10H2,1-2H3. The number of halogens is 2. The van der Waals surface area contributed by atoms with Crippen LogP contribution in [0.5, 0.6) is 0 Å². The maximum Gasteiger partial charge on any atom is 0.127 e. The Morgan fingerprint density at radius 3 is 2.75 bits per heavy atom. The number of rotatable bonds is 8. The van der Waals surface area contributed by atoms with Crippen molar-refractivity contribution < 1.29 is 9.13 Å². The summed E-state index contributed by atoms with van der Waals surface area (Å²) in [5.74, 6) is 0.367. The third kappa shape index (κ3) is 3.94. The lowest BCUT2D eigenvalue weighted by molar-refractivity contribution is 0.0509. The van der Waals surface area contributed by atoms with Crippen LogP contribution in [0, 0.1) is 11.7 Å². The quantitative estimate of drug-likeness (QED) is 0.788. The lowest BCUT2D eigenvalue weighted by Gasteiger charge is -2.27. The van der Waals surface area contributed by atoms with Crippen LogP contribution in [0.1, 0.15) is 31.7 Å². The summed E-state index contributed by atoms with van der Waals surface area (Å²) >= 11 is 6.14. The summed E-state index contributed by atoms with van der Waals surface area (Å²) in [5, 5.41) is 3.99. The third-order valence-electron chi connectivity index (χ3n) is 3.90. The number of benzene rings is 1. The van der Waals surface area contributed by atoms with Gasteiger partial charge in [-0.25, -0.2) is 4.39 Å². The Labute approximate surface area is 125 Å². The molecule has 1 saturated carbocycles. The normalized spacial score (nSPS) is 18.0. The van der Waals surface area contributed by atoms with Gasteiger partial charge in [0, 0.05) is 23.7 Å². The van der Waals surface area contributed by atoms with Crippen LogP contribution in [0.3, 0.4) is 0 Å². The first-order chi connectivity index (χ1) is 9.67. The van der Waals surface area contributed by atoms with Gasteiger partial charge < -0.3 is 10.1 Å². The molecule has 2 atom stereocenters. The highest BCUT2D eigenvalue weighted by molar-refractivity contribution is 6.31. The minimum atomic E-state index is -0.230. The minimum absolute atomic E-state index is 0.113. The molecular formula is C16H23ClFNO. The molecule has 0 amide bonds. The van der Waals surface area contributed by atoms with Gasteiger partial charge in [0.15, 0.2) is 0 Å². The van der Waals surface area contributed by atoms with Gasteiger partial charge in [0.05, 0.1) is 6.10 Å². The first kappa shape index (κ1) is 15.7. The molecule has 0 aromatic heterocycles. The molecule has 1 aromatic rings. The van der Waals surface area contributed by atoms with E-state index < -0.39 is 0 Å². The van der Waals surface area contributed by atoms with E-state index in [1.165, 1.54) is 18.9 Å². The van der Waals surface area contributed by atoms with Crippen molar-refractivity contribution in [3.05, 3.63) is 34.6 Å². The van der Waals surface area contributed by atoms with Crippen LogP contribution in [0.4, 0.5) is 4.39 Å². The second-order valence-electron chi connectivity index (χ2n) is 5.50. The molecule has 2 unspecified atom stereocenters. The molecule has 1 fully saturated rings. The highest BCUT2D eigenvalue weighted by Gasteiger charge is 2.37. The van der Waals surface area contributed by atoms with Crippen molar-refractivity contribution in [2.24, 2.45) is 5.92 Å². The predicted molar refractivity (Wildman–Crippen MR) is 80.7 cm³/mol. The molecule has 0 bridgehead atoms. The van der Waals surface area contributed by atoms with Gasteiger partial charge in [-0.2, -0.15) is 0 Å². The Bertz CT molecular complexity index is 416. The molecule has 0 aliphatic heterocycles. The van der Waals surface area contributed by atoms with Crippen LogP contribution in [0.2, 0.25) is 5.02 Å². The van der Waals surface area contributed by atoms with Crippen LogP contribution in [0.15, 0.2) is 18.2 Å². The second-order valence-corrected chi connectivity index (χ2v) is 5.91. The molecule has 0 radical (unpaired) electrons. The van der Waals surface area contributed by atoms with Gasteiger partial charge in [0.1, 0.15) is 5.82 Å². The molecule has 2 rings (SSSR count). The van der Waals surface area contributed by atoms with Gasteiger partial charge in [-0.05, 0) is 50.3 Å². The van der Waals surface area contributed by atoms with Crippen LogP contribution in [-0.4, -0.2) is 25.8 Å². The van der Waals surface area contributed by atoms with Crippen molar-refractivity contribution in [2.75, 3.05) is 13.7 Å². The van der Waals surface area contributed by atoms with Crippen molar-refractivity contribution in [1.82, 2.24) is 5.32 Å². The Kier molecular flexibility index (Phi) is 5.82. The number of hydrogen-bond donors (Lipinski definition) is 1. The summed E-state index contributed by atoms with van der Waals surface area (Å²) in [6, 6.07) is 4.97. The van der Waals surface area contributed by atoms with E-state index in [0.29, 0.717) is 22.9 Å². The summed E-state index contributed by atoms with van der Waals surface area (Å²) in [4.78, 5) is 0. The first-order valence-corrected chi connectivity index (χ1v) is 7.74. The van der Waals surface area contributed by atoms with Gasteiger partial charge in [0.2, 0.25) is 0 Å². The Hall–Kier alpha value is -0.640. The van der Waals surface area contributed by atoms with Crippen LogP contribution in [-0.2, 0) is 11.2 Å². The lowest BCUT2D eigenvalue weighted by atomic mass is 9.97. The molecular weight excluding hydrogens is 277 g/mol. The molecule has 112 valence electrons. The number of hydrogen-bond acceptors (Lipinski definition) is 2. The maximum absolute atomic E-state index is 14.0. The van der Waals surface area contributed by atoms with Gasteiger partial charge in [0.25, 0.3) is 0 Å². The molecule has 4 heteroatoms. The fraction of sp³-hybridized carbons (Fsp3) is 0.625. The van der Waals surface area contributed by atoms with Crippen LogP contribution in [0.25, 0.3) is 0 Å². The molecule has 2 nitrogen and oxygen atoms in total. The van der Waals surface area contributed by atoms with E-state index >= 15 is 0 Å². The average Bonchev–Trinajstić information content (AvgIpc) is 3.25. The van der Waals surface area contributed by atoms with Gasteiger partial charge in [-0.3, -0.25) is 0 Å². The van der Waals surface area contributed by atoms with Crippen molar-refractivity contribution in [2.45, 2.75) is 44.8 Å². The van der Waals surface area contributed by atoms with Crippen molar-refractivity contribution in [3.8, 4) is 0 Å². The largest absolute Gasteiger partial charge is 0.380 e. The zero-order chi connectivity index (χ0) is 14.5. The smallest absolute Gasteiger partial charge is 0.127 e. The van der Waals surface area contributed by atoms with Crippen molar-refractivity contribution in [3.63, 3.8) is 0 Å². The van der Waals surface area contributed by atoms with Crippen LogP contribution < -0.4 is 5.32 Å². The molecule has 20 heavy (non-hydrogen) atoms. The molecule has 0 spiro atoms. The number of ether oxygens (including phenoxy) is 1. The summed E-state index contributed by atoms with van der Waals surface area (Å²) < 4.78 is 19.6. The van der Waals surface area contributed by atoms with Crippen LogP contribution >= 0.6 is 11.6 Å². The van der Waals surface area contributed by atoms with Gasteiger partial charge >= 0.3 is 0 Å². The second kappa shape index (κ2) is 7.39. The average molecular weight is 300 g/mol. The van der Waals surface area contributed by atoms with E-state index in [2.05, 4.69) is 12.2 Å². The van der Waals surface area contributed by atoms with Gasteiger partial charge in [-0.15, -0.1) is 0 Å². The Morgan fingerprint density at radius 1 is 1.45 bits per heavy atom. The van der Waals surface area contributed by atoms with Crippen molar-refractivity contribution >= 4 is 11.6 Å². The van der Waals surface area contributed by atoms with E-state index in [9.17, 15) is 4.39 Å². The maximum atomic E-state index is 14.0. The zero-order valence-corrected chi connectivity index (χ0v) is 12.9. The molecule has 1 aliphatic rings. The third-order valence-corrected chi connectivity index (χ3v) is 4.25. The highest BCUT2D eigenvalue weighted by Crippen LogP contribution is 2.36. The minimum Gasteiger partial charge on any atom is -0.380 e. The fourth-order valence-electron chi connectivity index (χ4n) is 2.69. The first-order valence-electron chi connectivity index (χ1n) is 7.36. The zero-order valence-electron chi connectivity index (χ0n) is 12.2. The monoisotopic (exact) mass is 299 g/mol. The Morgan fingerprint density at radius 2 is 2.20 bits per heavy atom. The van der Waals surface area contributed by atoms with E-state index in [-0.39, 0.29) is 18.0 Å². The van der Waals surface area contributed by atoms with E-state index in [0.717, 1.165) is 13.0 Å². The van der Waals surface area contributed by atoms with E-state index in [4.69, 9.17) is 16.3 Å². The number of methoxy groups -OCH3 is 1. The van der Waals surface area contributed by atoms with E-state index in [1.54, 1.807) is 19.2 Å². The molecule has 1 aliphatic carbocycles. The van der Waals surface area contributed by atoms with Crippen molar-refractivity contribution in [1.29, 1.82) is 0 Å². The molecule has 1 N–H and O–H groups in total. The highest BCUT2D eigenvalue weighted by atomic mass is 35.5. The number of nitrogens with one attached hydrogen (secondary N) is 1.